The Morgan fingerprint density at radius 2 is 1.88 bits per heavy atom. The smallest absolute Gasteiger partial charge is 0.378 e. The van der Waals surface area contributed by atoms with Crippen LogP contribution in [0.1, 0.15) is 87.3 Å². The van der Waals surface area contributed by atoms with Crippen LogP contribution in [0.25, 0.3) is 11.5 Å². The third-order valence-electron chi connectivity index (χ3n) is 8.78. The molecule has 1 saturated carbocycles. The number of amides is 1. The molecule has 2 aliphatic rings. The van der Waals surface area contributed by atoms with E-state index in [-0.39, 0.29) is 6.54 Å². The molecule has 2 unspecified atom stereocenters. The molecule has 1 amide bonds. The lowest BCUT2D eigenvalue weighted by Gasteiger charge is -2.47. The highest BCUT2D eigenvalue weighted by Gasteiger charge is 2.51. The number of benzene rings is 1. The van der Waals surface area contributed by atoms with Crippen LogP contribution in [0.2, 0.25) is 0 Å². The van der Waals surface area contributed by atoms with Crippen LogP contribution >= 0.6 is 0 Å². The van der Waals surface area contributed by atoms with Gasteiger partial charge in [-0.1, -0.05) is 45.1 Å². The van der Waals surface area contributed by atoms with Crippen molar-refractivity contribution in [2.24, 2.45) is 5.92 Å². The fourth-order valence-corrected chi connectivity index (χ4v) is 6.51. The fourth-order valence-electron chi connectivity index (χ4n) is 6.51. The van der Waals surface area contributed by atoms with E-state index in [0.717, 1.165) is 57.2 Å². The molecule has 3 heterocycles. The van der Waals surface area contributed by atoms with Crippen molar-refractivity contribution in [2.75, 3.05) is 11.9 Å². The number of piperidine rings is 1. The zero-order valence-electron chi connectivity index (χ0n) is 24.7. The summed E-state index contributed by atoms with van der Waals surface area (Å²) in [5.74, 6) is 0.269. The van der Waals surface area contributed by atoms with Gasteiger partial charge in [0.05, 0.1) is 6.54 Å². The average Bonchev–Trinajstić information content (AvgIpc) is 3.40. The standard InChI is InChI=1S/C31H41F3N8O/c1-2-17-42-26(40-41-28(42)25-12-16-35-21-38-25)20-36-24-10-8-9-22(18-24)29(43)37-19-23-11-15-30(39-27(23)31(32,33)34)13-6-4-3-5-7-14-30/h8-10,12,16,18,21,23,27,36,39H,2-7,11,13-15,17,19-20H2,1H3,(H,37,43). The maximum Gasteiger partial charge on any atom is 0.404 e. The molecule has 1 aliphatic carbocycles. The van der Waals surface area contributed by atoms with Crippen LogP contribution in [0.5, 0.6) is 0 Å². The molecule has 2 aromatic heterocycles. The zero-order chi connectivity index (χ0) is 30.3. The molecule has 5 rings (SSSR count). The van der Waals surface area contributed by atoms with E-state index in [2.05, 4.69) is 43.0 Å². The molecule has 12 heteroatoms. The van der Waals surface area contributed by atoms with Crippen molar-refractivity contribution >= 4 is 11.6 Å². The van der Waals surface area contributed by atoms with Crippen LogP contribution < -0.4 is 16.0 Å². The van der Waals surface area contributed by atoms with Crippen molar-refractivity contribution in [1.29, 1.82) is 0 Å². The van der Waals surface area contributed by atoms with E-state index in [1.54, 1.807) is 30.5 Å². The maximum absolute atomic E-state index is 14.2. The predicted octanol–water partition coefficient (Wildman–Crippen LogP) is 5.90. The first-order valence-electron chi connectivity index (χ1n) is 15.4. The fraction of sp³-hybridized carbons (Fsp3) is 0.581. The van der Waals surface area contributed by atoms with Crippen molar-refractivity contribution in [3.8, 4) is 11.5 Å². The predicted molar refractivity (Wildman–Crippen MR) is 158 cm³/mol. The number of hydrogen-bond donors (Lipinski definition) is 3. The molecule has 1 aliphatic heterocycles. The first kappa shape index (κ1) is 30.9. The van der Waals surface area contributed by atoms with Crippen LogP contribution in [-0.4, -0.2) is 54.9 Å². The van der Waals surface area contributed by atoms with Crippen LogP contribution in [0.15, 0.2) is 42.9 Å². The molecule has 3 N–H and O–H groups in total. The Hall–Kier alpha value is -3.54. The number of aromatic nitrogens is 5. The number of halogens is 3. The summed E-state index contributed by atoms with van der Waals surface area (Å²) in [6.07, 6.45) is 7.60. The van der Waals surface area contributed by atoms with Crippen molar-refractivity contribution in [3.05, 3.63) is 54.2 Å². The van der Waals surface area contributed by atoms with Gasteiger partial charge in [-0.15, -0.1) is 10.2 Å². The van der Waals surface area contributed by atoms with E-state index in [4.69, 9.17) is 0 Å². The van der Waals surface area contributed by atoms with E-state index in [1.807, 2.05) is 10.6 Å². The van der Waals surface area contributed by atoms with Gasteiger partial charge in [0, 0.05) is 42.0 Å². The van der Waals surface area contributed by atoms with E-state index in [0.29, 0.717) is 48.7 Å². The Morgan fingerprint density at radius 1 is 1.09 bits per heavy atom. The van der Waals surface area contributed by atoms with Crippen molar-refractivity contribution in [3.63, 3.8) is 0 Å². The molecule has 43 heavy (non-hydrogen) atoms. The van der Waals surface area contributed by atoms with E-state index < -0.39 is 29.6 Å². The number of alkyl halides is 3. The van der Waals surface area contributed by atoms with Gasteiger partial charge in [0.25, 0.3) is 5.91 Å². The third-order valence-corrected chi connectivity index (χ3v) is 8.78. The molecule has 2 atom stereocenters. The van der Waals surface area contributed by atoms with Gasteiger partial charge in [-0.2, -0.15) is 13.2 Å². The summed E-state index contributed by atoms with van der Waals surface area (Å²) in [5, 5.41) is 17.8. The lowest BCUT2D eigenvalue weighted by atomic mass is 9.73. The quantitative estimate of drug-likeness (QED) is 0.281. The Kier molecular flexibility index (Phi) is 9.94. The molecule has 3 aromatic rings. The second-order valence-corrected chi connectivity index (χ2v) is 11.8. The minimum absolute atomic E-state index is 0.0321. The molecule has 9 nitrogen and oxygen atoms in total. The number of hydrogen-bond acceptors (Lipinski definition) is 7. The van der Waals surface area contributed by atoms with Gasteiger partial charge in [0.15, 0.2) is 11.6 Å². The number of carbonyl (C=O) groups is 1. The minimum Gasteiger partial charge on any atom is -0.378 e. The molecular formula is C31H41F3N8O. The molecule has 2 fully saturated rings. The van der Waals surface area contributed by atoms with E-state index in [1.165, 1.54) is 6.33 Å². The molecule has 1 spiro atoms. The summed E-state index contributed by atoms with van der Waals surface area (Å²) >= 11 is 0. The lowest BCUT2D eigenvalue weighted by molar-refractivity contribution is -0.181. The topological polar surface area (TPSA) is 110 Å². The SMILES string of the molecule is CCCn1c(CNc2cccc(C(=O)NCC3CCC4(CCCCCCC4)NC3C(F)(F)F)c2)nnc1-c1ccncn1. The van der Waals surface area contributed by atoms with Gasteiger partial charge < -0.3 is 20.5 Å². The van der Waals surface area contributed by atoms with Crippen molar-refractivity contribution < 1.29 is 18.0 Å². The molecular weight excluding hydrogens is 557 g/mol. The molecule has 0 bridgehead atoms. The molecule has 232 valence electrons. The number of carbonyl (C=O) groups excluding carboxylic acids is 1. The van der Waals surface area contributed by atoms with Gasteiger partial charge in [-0.05, 0) is 56.4 Å². The highest BCUT2D eigenvalue weighted by molar-refractivity contribution is 5.95. The van der Waals surface area contributed by atoms with Gasteiger partial charge >= 0.3 is 6.18 Å². The highest BCUT2D eigenvalue weighted by atomic mass is 19.4. The molecule has 1 aromatic carbocycles. The summed E-state index contributed by atoms with van der Waals surface area (Å²) in [7, 11) is 0. The van der Waals surface area contributed by atoms with Gasteiger partial charge in [-0.25, -0.2) is 9.97 Å². The van der Waals surface area contributed by atoms with Crippen LogP contribution in [0.3, 0.4) is 0 Å². The zero-order valence-corrected chi connectivity index (χ0v) is 24.7. The number of nitrogens with zero attached hydrogens (tertiary/aromatic N) is 5. The Morgan fingerprint density at radius 3 is 2.60 bits per heavy atom. The Balaban J connectivity index is 1.20. The first-order chi connectivity index (χ1) is 20.8. The second kappa shape index (κ2) is 13.8. The van der Waals surface area contributed by atoms with Crippen LogP contribution in [-0.2, 0) is 13.1 Å². The van der Waals surface area contributed by atoms with Gasteiger partial charge in [0.2, 0.25) is 0 Å². The number of rotatable bonds is 9. The highest BCUT2D eigenvalue weighted by Crippen LogP contribution is 2.41. The second-order valence-electron chi connectivity index (χ2n) is 11.8. The van der Waals surface area contributed by atoms with E-state index >= 15 is 0 Å². The summed E-state index contributed by atoms with van der Waals surface area (Å²) < 4.78 is 44.6. The Bertz CT molecular complexity index is 1340. The molecule has 0 radical (unpaired) electrons. The van der Waals surface area contributed by atoms with E-state index in [9.17, 15) is 18.0 Å². The summed E-state index contributed by atoms with van der Waals surface area (Å²) in [6, 6.07) is 7.11. The summed E-state index contributed by atoms with van der Waals surface area (Å²) in [6.45, 7) is 3.11. The van der Waals surface area contributed by atoms with Crippen molar-refractivity contribution in [1.82, 2.24) is 35.4 Å². The normalized spacial score (nSPS) is 20.7. The average molecular weight is 599 g/mol. The van der Waals surface area contributed by atoms with Gasteiger partial charge in [-0.3, -0.25) is 4.79 Å². The monoisotopic (exact) mass is 598 g/mol. The van der Waals surface area contributed by atoms with Crippen LogP contribution in [0.4, 0.5) is 18.9 Å². The number of anilines is 1. The number of nitrogens with one attached hydrogen (secondary N) is 3. The lowest BCUT2D eigenvalue weighted by Crippen LogP contribution is -2.63. The largest absolute Gasteiger partial charge is 0.404 e. The maximum atomic E-state index is 14.2. The van der Waals surface area contributed by atoms with Crippen LogP contribution in [0, 0.1) is 5.92 Å². The summed E-state index contributed by atoms with van der Waals surface area (Å²) in [4.78, 5) is 21.3. The molecule has 1 saturated heterocycles. The van der Waals surface area contributed by atoms with Crippen molar-refractivity contribution in [2.45, 2.75) is 102 Å². The van der Waals surface area contributed by atoms with Gasteiger partial charge in [0.1, 0.15) is 18.1 Å². The first-order valence-corrected chi connectivity index (χ1v) is 15.4. The third kappa shape index (κ3) is 7.70. The minimum atomic E-state index is -4.37. The summed E-state index contributed by atoms with van der Waals surface area (Å²) in [5.41, 5.74) is 1.31. The Labute approximate surface area is 250 Å².